The zero-order chi connectivity index (χ0) is 27.4. The van der Waals surface area contributed by atoms with Gasteiger partial charge in [0.1, 0.15) is 28.9 Å². The highest BCUT2D eigenvalue weighted by molar-refractivity contribution is 7.16. The molecule has 39 heavy (non-hydrogen) atoms. The number of carbonyl (C=O) groups excluding carboxylic acids is 1. The summed E-state index contributed by atoms with van der Waals surface area (Å²) in [7, 11) is 0. The first-order valence-electron chi connectivity index (χ1n) is 13.2. The van der Waals surface area contributed by atoms with Crippen molar-refractivity contribution in [3.63, 3.8) is 0 Å². The van der Waals surface area contributed by atoms with Crippen molar-refractivity contribution in [3.8, 4) is 5.75 Å². The number of benzene rings is 2. The number of furan rings is 1. The second-order valence-electron chi connectivity index (χ2n) is 11.0. The summed E-state index contributed by atoms with van der Waals surface area (Å²) >= 11 is 1.63. The fourth-order valence-electron chi connectivity index (χ4n) is 4.84. The Morgan fingerprint density at radius 3 is 2.62 bits per heavy atom. The molecule has 202 valence electrons. The number of carbonyl (C=O) groups is 1. The van der Waals surface area contributed by atoms with Crippen molar-refractivity contribution in [2.75, 3.05) is 0 Å². The van der Waals surface area contributed by atoms with Crippen molar-refractivity contribution in [2.45, 2.75) is 53.2 Å². The molecule has 0 spiro atoms. The average Bonchev–Trinajstić information content (AvgIpc) is 3.58. The Labute approximate surface area is 232 Å². The third-order valence-electron chi connectivity index (χ3n) is 7.23. The zero-order valence-electron chi connectivity index (χ0n) is 22.5. The first-order valence-corrected chi connectivity index (χ1v) is 14.0. The van der Waals surface area contributed by atoms with E-state index in [4.69, 9.17) is 14.1 Å². The van der Waals surface area contributed by atoms with Crippen LogP contribution in [0.4, 0.5) is 9.39 Å². The highest BCUT2D eigenvalue weighted by Crippen LogP contribution is 2.45. The second kappa shape index (κ2) is 11.6. The quantitative estimate of drug-likeness (QED) is 0.229. The summed E-state index contributed by atoms with van der Waals surface area (Å²) in [5, 5.41) is 3.76. The topological polar surface area (TPSA) is 63.8 Å². The van der Waals surface area contributed by atoms with Crippen LogP contribution in [-0.4, -0.2) is 12.1 Å². The van der Waals surface area contributed by atoms with Gasteiger partial charge in [-0.05, 0) is 95.8 Å². The summed E-state index contributed by atoms with van der Waals surface area (Å²) in [4.78, 5) is 19.4. The van der Waals surface area contributed by atoms with Crippen LogP contribution in [0.1, 0.15) is 64.9 Å². The van der Waals surface area contributed by atoms with Crippen molar-refractivity contribution in [2.24, 2.45) is 16.3 Å². The third kappa shape index (κ3) is 6.66. The predicted molar refractivity (Wildman–Crippen MR) is 154 cm³/mol. The van der Waals surface area contributed by atoms with Gasteiger partial charge in [0, 0.05) is 11.1 Å². The highest BCUT2D eigenvalue weighted by atomic mass is 32.1. The Morgan fingerprint density at radius 2 is 1.92 bits per heavy atom. The molecule has 1 aliphatic carbocycles. The van der Waals surface area contributed by atoms with E-state index in [1.165, 1.54) is 17.0 Å². The van der Waals surface area contributed by atoms with E-state index in [2.05, 4.69) is 26.1 Å². The van der Waals surface area contributed by atoms with E-state index in [1.807, 2.05) is 36.4 Å². The van der Waals surface area contributed by atoms with E-state index in [9.17, 15) is 9.18 Å². The Balaban J connectivity index is 1.33. The molecule has 2 aromatic carbocycles. The normalized spacial score (nSPS) is 15.3. The molecular formula is C32H33FN2O3S. The molecule has 0 fully saturated rings. The van der Waals surface area contributed by atoms with Gasteiger partial charge in [-0.15, -0.1) is 11.3 Å². The number of nitrogens with zero attached hydrogens (tertiary/aromatic N) is 1. The smallest absolute Gasteiger partial charge is 0.255 e. The maximum absolute atomic E-state index is 13.4. The first kappa shape index (κ1) is 26.9. The van der Waals surface area contributed by atoms with Crippen LogP contribution in [0.3, 0.4) is 0 Å². The van der Waals surface area contributed by atoms with E-state index in [-0.39, 0.29) is 17.1 Å². The average molecular weight is 545 g/mol. The number of hydrogen-bond acceptors (Lipinski definition) is 5. The number of halogens is 1. The van der Waals surface area contributed by atoms with Crippen LogP contribution in [0, 0.1) is 17.2 Å². The molecule has 1 atom stereocenters. The molecule has 5 nitrogen and oxygen atoms in total. The van der Waals surface area contributed by atoms with E-state index in [1.54, 1.807) is 35.9 Å². The van der Waals surface area contributed by atoms with Crippen molar-refractivity contribution >= 4 is 28.5 Å². The molecule has 4 aromatic rings. The van der Waals surface area contributed by atoms with Gasteiger partial charge < -0.3 is 14.5 Å². The number of nitrogens with one attached hydrogen (secondary N) is 1. The fourth-order valence-corrected chi connectivity index (χ4v) is 6.10. The molecule has 2 aromatic heterocycles. The molecule has 7 heteroatoms. The van der Waals surface area contributed by atoms with E-state index >= 15 is 0 Å². The summed E-state index contributed by atoms with van der Waals surface area (Å²) in [6, 6.07) is 17.6. The van der Waals surface area contributed by atoms with Crippen LogP contribution in [0.5, 0.6) is 5.75 Å². The van der Waals surface area contributed by atoms with Crippen molar-refractivity contribution in [1.82, 2.24) is 5.32 Å². The van der Waals surface area contributed by atoms with Gasteiger partial charge in [-0.2, -0.15) is 0 Å². The number of aliphatic imine (C=N–C) groups is 1. The van der Waals surface area contributed by atoms with Crippen LogP contribution in [-0.2, 0) is 26.0 Å². The molecule has 0 unspecified atom stereocenters. The van der Waals surface area contributed by atoms with E-state index in [0.717, 1.165) is 41.0 Å². The summed E-state index contributed by atoms with van der Waals surface area (Å²) in [6.07, 6.45) is 6.32. The predicted octanol–water partition coefficient (Wildman–Crippen LogP) is 7.89. The van der Waals surface area contributed by atoms with Crippen LogP contribution >= 0.6 is 11.3 Å². The number of fused-ring (bicyclic) bond motifs is 1. The Hall–Kier alpha value is -3.71. The van der Waals surface area contributed by atoms with Crippen molar-refractivity contribution in [1.29, 1.82) is 0 Å². The number of amides is 1. The molecule has 5 rings (SSSR count). The van der Waals surface area contributed by atoms with Crippen molar-refractivity contribution < 1.29 is 18.3 Å². The molecule has 0 radical (unpaired) electrons. The highest BCUT2D eigenvalue weighted by Gasteiger charge is 2.33. The van der Waals surface area contributed by atoms with E-state index < -0.39 is 0 Å². The monoisotopic (exact) mass is 544 g/mol. The standard InChI is InChI=1S/C32H33FN2O3S/c1-32(2,3)23-10-15-27-28(17-23)39-31(29(27)30(36)34-19-26-5-4-16-37-26)35-18-21-8-13-25(14-9-21)38-20-22-6-11-24(33)12-7-22/h4-9,11-14,16,18,23H,10,15,17,19-20H2,1-3H3,(H,34,36)/t23-/m1/s1. The number of hydrogen-bond donors (Lipinski definition) is 1. The van der Waals surface area contributed by atoms with Gasteiger partial charge >= 0.3 is 0 Å². The van der Waals surface area contributed by atoms with Gasteiger partial charge in [-0.1, -0.05) is 32.9 Å². The Kier molecular flexibility index (Phi) is 7.98. The molecule has 0 aliphatic heterocycles. The van der Waals surface area contributed by atoms with Gasteiger partial charge in [0.15, 0.2) is 0 Å². The van der Waals surface area contributed by atoms with Crippen LogP contribution < -0.4 is 10.1 Å². The second-order valence-corrected chi connectivity index (χ2v) is 12.1. The maximum atomic E-state index is 13.4. The third-order valence-corrected chi connectivity index (χ3v) is 8.39. The molecule has 0 bridgehead atoms. The molecule has 1 N–H and O–H groups in total. The van der Waals surface area contributed by atoms with Gasteiger partial charge in [0.2, 0.25) is 0 Å². The zero-order valence-corrected chi connectivity index (χ0v) is 23.3. The number of ether oxygens (including phenoxy) is 1. The van der Waals surface area contributed by atoms with Gasteiger partial charge in [0.05, 0.1) is 18.4 Å². The van der Waals surface area contributed by atoms with Gasteiger partial charge in [0.25, 0.3) is 5.91 Å². The first-order chi connectivity index (χ1) is 18.8. The van der Waals surface area contributed by atoms with E-state index in [0.29, 0.717) is 36.1 Å². The summed E-state index contributed by atoms with van der Waals surface area (Å²) in [5.41, 5.74) is 3.84. The number of thiophene rings is 1. The number of rotatable bonds is 8. The summed E-state index contributed by atoms with van der Waals surface area (Å²) in [5.74, 6) is 1.62. The van der Waals surface area contributed by atoms with Crippen molar-refractivity contribution in [3.05, 3.63) is 106 Å². The maximum Gasteiger partial charge on any atom is 0.255 e. The minimum Gasteiger partial charge on any atom is -0.489 e. The van der Waals surface area contributed by atoms with Crippen LogP contribution in [0.15, 0.2) is 76.3 Å². The largest absolute Gasteiger partial charge is 0.489 e. The molecule has 1 amide bonds. The lowest BCUT2D eigenvalue weighted by atomic mass is 9.72. The lowest BCUT2D eigenvalue weighted by Crippen LogP contribution is -2.28. The minimum atomic E-state index is -0.263. The molecule has 2 heterocycles. The summed E-state index contributed by atoms with van der Waals surface area (Å²) < 4.78 is 24.3. The van der Waals surface area contributed by atoms with Crippen LogP contribution in [0.25, 0.3) is 0 Å². The lowest BCUT2D eigenvalue weighted by Gasteiger charge is -2.33. The SMILES string of the molecule is CC(C)(C)[C@@H]1CCc2c(sc(N=Cc3ccc(OCc4ccc(F)cc4)cc3)c2C(=O)NCc2ccco2)C1. The Bertz CT molecular complexity index is 1430. The van der Waals surface area contributed by atoms with Crippen LogP contribution in [0.2, 0.25) is 0 Å². The lowest BCUT2D eigenvalue weighted by molar-refractivity contribution is 0.0947. The summed E-state index contributed by atoms with van der Waals surface area (Å²) in [6.45, 7) is 7.57. The van der Waals surface area contributed by atoms with Gasteiger partial charge in [-0.25, -0.2) is 9.38 Å². The van der Waals surface area contributed by atoms with Gasteiger partial charge in [-0.3, -0.25) is 4.79 Å². The fraction of sp³-hybridized carbons (Fsp3) is 0.312. The molecule has 0 saturated carbocycles. The Morgan fingerprint density at radius 1 is 1.15 bits per heavy atom. The molecule has 0 saturated heterocycles. The minimum absolute atomic E-state index is 0.116. The molecular weight excluding hydrogens is 511 g/mol. The molecule has 1 aliphatic rings.